The van der Waals surface area contributed by atoms with Crippen molar-refractivity contribution in [2.75, 3.05) is 6.54 Å². The van der Waals surface area contributed by atoms with Crippen LogP contribution in [0, 0.1) is 0 Å². The highest BCUT2D eigenvalue weighted by molar-refractivity contribution is 5.94. The molecule has 0 bridgehead atoms. The largest absolute Gasteiger partial charge is 0.352 e. The van der Waals surface area contributed by atoms with Gasteiger partial charge in [-0.05, 0) is 42.4 Å². The zero-order valence-electron chi connectivity index (χ0n) is 17.2. The number of hydrogen-bond acceptors (Lipinski definition) is 3. The van der Waals surface area contributed by atoms with E-state index in [9.17, 15) is 9.59 Å². The first-order chi connectivity index (χ1) is 13.3. The second-order valence-electron chi connectivity index (χ2n) is 8.52. The van der Waals surface area contributed by atoms with Gasteiger partial charge in [0, 0.05) is 36.8 Å². The Bertz CT molecular complexity index is 846. The molecule has 1 atom stereocenters. The topological polar surface area (TPSA) is 76.0 Å². The second kappa shape index (κ2) is 8.17. The molecule has 1 aromatic heterocycles. The Morgan fingerprint density at radius 2 is 1.93 bits per heavy atom. The maximum Gasteiger partial charge on any atom is 0.251 e. The zero-order chi connectivity index (χ0) is 20.3. The van der Waals surface area contributed by atoms with Gasteiger partial charge in [-0.1, -0.05) is 32.9 Å². The van der Waals surface area contributed by atoms with Gasteiger partial charge in [0.05, 0.1) is 12.2 Å². The normalized spacial score (nSPS) is 16.4. The van der Waals surface area contributed by atoms with Crippen LogP contribution in [0.15, 0.2) is 30.5 Å². The average Bonchev–Trinajstić information content (AvgIpc) is 3.03. The van der Waals surface area contributed by atoms with Crippen molar-refractivity contribution in [3.63, 3.8) is 0 Å². The van der Waals surface area contributed by atoms with Gasteiger partial charge in [0.25, 0.3) is 5.91 Å². The summed E-state index contributed by atoms with van der Waals surface area (Å²) in [6, 6.07) is 7.65. The molecule has 2 N–H and O–H groups in total. The van der Waals surface area contributed by atoms with Crippen molar-refractivity contribution in [3.05, 3.63) is 52.8 Å². The zero-order valence-corrected chi connectivity index (χ0v) is 17.2. The maximum absolute atomic E-state index is 12.3. The van der Waals surface area contributed by atoms with E-state index < -0.39 is 0 Å². The average molecular weight is 383 g/mol. The van der Waals surface area contributed by atoms with Gasteiger partial charge in [0.2, 0.25) is 5.91 Å². The summed E-state index contributed by atoms with van der Waals surface area (Å²) in [5.74, 6) is -0.203. The summed E-state index contributed by atoms with van der Waals surface area (Å²) in [6.07, 6.45) is 5.08. The molecule has 1 aliphatic carbocycles. The van der Waals surface area contributed by atoms with Crippen molar-refractivity contribution >= 4 is 11.8 Å². The number of aromatic nitrogens is 2. The molecular weight excluding hydrogens is 352 g/mol. The molecule has 6 heteroatoms. The van der Waals surface area contributed by atoms with Crippen LogP contribution in [0.25, 0.3) is 0 Å². The Balaban J connectivity index is 1.47. The summed E-state index contributed by atoms with van der Waals surface area (Å²) in [4.78, 5) is 24.6. The van der Waals surface area contributed by atoms with Crippen LogP contribution < -0.4 is 10.6 Å². The summed E-state index contributed by atoms with van der Waals surface area (Å²) in [5.41, 5.74) is 4.17. The van der Waals surface area contributed by atoms with Gasteiger partial charge in [-0.15, -0.1) is 0 Å². The number of nitrogens with zero attached hydrogens (tertiary/aromatic N) is 2. The van der Waals surface area contributed by atoms with Crippen LogP contribution in [0.5, 0.6) is 0 Å². The number of benzene rings is 1. The molecular formula is C22H30N4O2. The van der Waals surface area contributed by atoms with E-state index in [1.165, 1.54) is 11.3 Å². The minimum atomic E-state index is -0.152. The lowest BCUT2D eigenvalue weighted by Crippen LogP contribution is -2.34. The fraction of sp³-hybridized carbons (Fsp3) is 0.500. The first-order valence-corrected chi connectivity index (χ1v) is 9.94. The van der Waals surface area contributed by atoms with Crippen LogP contribution in [0.3, 0.4) is 0 Å². The molecule has 1 aromatic carbocycles. The Morgan fingerprint density at radius 3 is 2.61 bits per heavy atom. The Hall–Kier alpha value is -2.63. The van der Waals surface area contributed by atoms with Crippen molar-refractivity contribution < 1.29 is 9.59 Å². The lowest BCUT2D eigenvalue weighted by Gasteiger charge is -2.23. The van der Waals surface area contributed by atoms with E-state index in [0.717, 1.165) is 24.8 Å². The molecule has 150 valence electrons. The molecule has 2 aromatic rings. The number of aryl methyl sites for hydroxylation is 1. The quantitative estimate of drug-likeness (QED) is 0.835. The SMILES string of the molecule is Cn1ncc2c1CCCC2NC(=O)CCNC(=O)c1ccc(C(C)(C)C)cc1. The van der Waals surface area contributed by atoms with Crippen molar-refractivity contribution in [1.29, 1.82) is 0 Å². The maximum atomic E-state index is 12.3. The van der Waals surface area contributed by atoms with Gasteiger partial charge in [0.15, 0.2) is 0 Å². The van der Waals surface area contributed by atoms with E-state index in [1.807, 2.05) is 42.2 Å². The van der Waals surface area contributed by atoms with Crippen molar-refractivity contribution in [3.8, 4) is 0 Å². The molecule has 3 rings (SSSR count). The van der Waals surface area contributed by atoms with Crippen LogP contribution in [0.1, 0.15) is 73.3 Å². The fourth-order valence-electron chi connectivity index (χ4n) is 3.64. The third kappa shape index (κ3) is 4.61. The minimum Gasteiger partial charge on any atom is -0.352 e. The van der Waals surface area contributed by atoms with Crippen LogP contribution in [0.2, 0.25) is 0 Å². The standard InChI is InChI=1S/C22H30N4O2/c1-22(2,3)16-10-8-15(9-11-16)21(28)23-13-12-20(27)25-18-6-5-7-19-17(18)14-24-26(19)4/h8-11,14,18H,5-7,12-13H2,1-4H3,(H,23,28)(H,25,27). The van der Waals surface area contributed by atoms with E-state index in [4.69, 9.17) is 0 Å². The van der Waals surface area contributed by atoms with E-state index in [0.29, 0.717) is 12.1 Å². The Morgan fingerprint density at radius 1 is 1.21 bits per heavy atom. The van der Waals surface area contributed by atoms with Crippen LogP contribution >= 0.6 is 0 Å². The lowest BCUT2D eigenvalue weighted by molar-refractivity contribution is -0.121. The predicted octanol–water partition coefficient (Wildman–Crippen LogP) is 3.03. The lowest BCUT2D eigenvalue weighted by atomic mass is 9.87. The number of carbonyl (C=O) groups is 2. The molecule has 6 nitrogen and oxygen atoms in total. The molecule has 28 heavy (non-hydrogen) atoms. The minimum absolute atomic E-state index is 0.0191. The van der Waals surface area contributed by atoms with Crippen LogP contribution in [-0.2, 0) is 23.7 Å². The highest BCUT2D eigenvalue weighted by atomic mass is 16.2. The van der Waals surface area contributed by atoms with Gasteiger partial charge >= 0.3 is 0 Å². The summed E-state index contributed by atoms with van der Waals surface area (Å²) >= 11 is 0. The van der Waals surface area contributed by atoms with Crippen molar-refractivity contribution in [1.82, 2.24) is 20.4 Å². The van der Waals surface area contributed by atoms with Gasteiger partial charge in [-0.3, -0.25) is 14.3 Å². The first kappa shape index (κ1) is 20.1. The molecule has 1 aliphatic rings. The van der Waals surface area contributed by atoms with E-state index in [2.05, 4.69) is 36.5 Å². The van der Waals surface area contributed by atoms with E-state index in [1.54, 1.807) is 0 Å². The molecule has 0 saturated carbocycles. The summed E-state index contributed by atoms with van der Waals surface area (Å²) < 4.78 is 1.89. The highest BCUT2D eigenvalue weighted by Crippen LogP contribution is 2.29. The molecule has 0 radical (unpaired) electrons. The van der Waals surface area contributed by atoms with E-state index in [-0.39, 0.29) is 29.7 Å². The predicted molar refractivity (Wildman–Crippen MR) is 109 cm³/mol. The molecule has 0 fully saturated rings. The number of rotatable bonds is 5. The monoisotopic (exact) mass is 382 g/mol. The van der Waals surface area contributed by atoms with Crippen LogP contribution in [-0.4, -0.2) is 28.1 Å². The fourth-order valence-corrected chi connectivity index (χ4v) is 3.64. The second-order valence-corrected chi connectivity index (χ2v) is 8.52. The number of hydrogen-bond donors (Lipinski definition) is 2. The van der Waals surface area contributed by atoms with Gasteiger partial charge in [-0.2, -0.15) is 5.10 Å². The summed E-state index contributed by atoms with van der Waals surface area (Å²) in [6.45, 7) is 6.74. The highest BCUT2D eigenvalue weighted by Gasteiger charge is 2.24. The van der Waals surface area contributed by atoms with Crippen LogP contribution in [0.4, 0.5) is 0 Å². The van der Waals surface area contributed by atoms with Gasteiger partial charge in [0.1, 0.15) is 0 Å². The van der Waals surface area contributed by atoms with Gasteiger partial charge < -0.3 is 10.6 Å². The number of amides is 2. The Labute approximate surface area is 166 Å². The van der Waals surface area contributed by atoms with Crippen molar-refractivity contribution in [2.24, 2.45) is 7.05 Å². The smallest absolute Gasteiger partial charge is 0.251 e. The molecule has 0 spiro atoms. The number of carbonyl (C=O) groups excluding carboxylic acids is 2. The molecule has 1 unspecified atom stereocenters. The molecule has 0 aliphatic heterocycles. The molecule has 2 amide bonds. The molecule has 1 heterocycles. The van der Waals surface area contributed by atoms with Gasteiger partial charge in [-0.25, -0.2) is 0 Å². The number of fused-ring (bicyclic) bond motifs is 1. The Kier molecular flexibility index (Phi) is 5.87. The third-order valence-corrected chi connectivity index (χ3v) is 5.36. The van der Waals surface area contributed by atoms with Crippen molar-refractivity contribution in [2.45, 2.75) is 57.9 Å². The molecule has 0 saturated heterocycles. The summed E-state index contributed by atoms with van der Waals surface area (Å²) in [5, 5.41) is 10.2. The van der Waals surface area contributed by atoms with E-state index >= 15 is 0 Å². The third-order valence-electron chi connectivity index (χ3n) is 5.36. The number of nitrogens with one attached hydrogen (secondary N) is 2. The first-order valence-electron chi connectivity index (χ1n) is 9.94. The summed E-state index contributed by atoms with van der Waals surface area (Å²) in [7, 11) is 1.94.